The van der Waals surface area contributed by atoms with E-state index in [1.54, 1.807) is 0 Å². The first-order valence-electron chi connectivity index (χ1n) is 10.5. The largest absolute Gasteiger partial charge is 0.478 e. The highest BCUT2D eigenvalue weighted by molar-refractivity contribution is 14.1. The minimum atomic E-state index is -1.72. The van der Waals surface area contributed by atoms with Crippen molar-refractivity contribution in [2.24, 2.45) is 0 Å². The van der Waals surface area contributed by atoms with Gasteiger partial charge < -0.3 is 5.11 Å². The second-order valence-corrected chi connectivity index (χ2v) is 9.20. The Labute approximate surface area is 202 Å². The molecule has 0 aliphatic heterocycles. The molecule has 5 aromatic rings. The zero-order chi connectivity index (χ0) is 22.8. The Morgan fingerprint density at radius 1 is 0.606 bits per heavy atom. The smallest absolute Gasteiger partial charge is 0.337 e. The van der Waals surface area contributed by atoms with Crippen LogP contribution in [0.15, 0.2) is 109 Å². The Bertz CT molecular complexity index is 1480. The summed E-state index contributed by atoms with van der Waals surface area (Å²) in [5, 5.41) is 11.6. The summed E-state index contributed by atoms with van der Waals surface area (Å²) in [5.74, 6) is -1.06. The molecule has 5 aromatic carbocycles. The molecule has 5 rings (SSSR count). The molecule has 0 amide bonds. The number of fused-ring (bicyclic) bond motifs is 1. The van der Waals surface area contributed by atoms with Crippen molar-refractivity contribution in [2.45, 2.75) is 0 Å². The second kappa shape index (κ2) is 9.08. The quantitative estimate of drug-likeness (QED) is 0.229. The van der Waals surface area contributed by atoms with E-state index < -0.39 is 27.2 Å². The molecule has 0 radical (unpaired) electrons. The van der Waals surface area contributed by atoms with Crippen LogP contribution in [-0.2, 0) is 3.07 Å². The molecule has 0 aliphatic rings. The van der Waals surface area contributed by atoms with Crippen molar-refractivity contribution in [3.8, 4) is 33.4 Å². The predicted molar refractivity (Wildman–Crippen MR) is 141 cm³/mol. The number of benzene rings is 5. The topological polar surface area (TPSA) is 54.4 Å². The van der Waals surface area contributed by atoms with Crippen LogP contribution in [0.3, 0.4) is 0 Å². The summed E-state index contributed by atoms with van der Waals surface area (Å²) in [5.41, 5.74) is 5.75. The van der Waals surface area contributed by atoms with Gasteiger partial charge in [-0.3, -0.25) is 3.07 Å². The number of halogens is 1. The molecule has 0 saturated heterocycles. The van der Waals surface area contributed by atoms with Gasteiger partial charge >= 0.3 is 5.97 Å². The van der Waals surface area contributed by atoms with Gasteiger partial charge in [-0.1, -0.05) is 103 Å². The van der Waals surface area contributed by atoms with Crippen LogP contribution < -0.4 is 0 Å². The maximum Gasteiger partial charge on any atom is 0.337 e. The lowest BCUT2D eigenvalue weighted by atomic mass is 9.86. The van der Waals surface area contributed by atoms with Gasteiger partial charge in [0.05, 0.1) is 9.13 Å². The highest BCUT2D eigenvalue weighted by Gasteiger charge is 2.23. The van der Waals surface area contributed by atoms with E-state index in [0.29, 0.717) is 14.5 Å². The molecule has 4 heteroatoms. The van der Waals surface area contributed by atoms with Gasteiger partial charge in [-0.05, 0) is 50.2 Å². The van der Waals surface area contributed by atoms with Gasteiger partial charge in [0.25, 0.3) is 0 Å². The third-order valence-corrected chi connectivity index (χ3v) is 7.34. The first-order chi connectivity index (χ1) is 16.2. The van der Waals surface area contributed by atoms with E-state index in [4.69, 9.17) is 0 Å². The van der Waals surface area contributed by atoms with E-state index in [2.05, 4.69) is 12.1 Å². The number of rotatable bonds is 5. The van der Waals surface area contributed by atoms with Gasteiger partial charge in [0.15, 0.2) is 21.2 Å². The molecule has 0 fully saturated rings. The van der Waals surface area contributed by atoms with Crippen LogP contribution in [-0.4, -0.2) is 11.1 Å². The summed E-state index contributed by atoms with van der Waals surface area (Å²) in [6, 6.07) is 35.5. The van der Waals surface area contributed by atoms with E-state index >= 15 is 0 Å². The molecule has 0 saturated carbocycles. The number of hydrogen-bond acceptors (Lipinski definition) is 2. The van der Waals surface area contributed by atoms with Crippen molar-refractivity contribution in [2.75, 3.05) is 0 Å². The fourth-order valence-electron chi connectivity index (χ4n) is 4.34. The number of carboxylic acids is 1. The predicted octanol–water partition coefficient (Wildman–Crippen LogP) is 8.02. The van der Waals surface area contributed by atoms with E-state index in [9.17, 15) is 13.0 Å². The summed E-state index contributed by atoms with van der Waals surface area (Å²) in [7, 11) is 0. The van der Waals surface area contributed by atoms with E-state index in [-0.39, 0.29) is 5.56 Å². The fourth-order valence-corrected chi connectivity index (χ4v) is 5.78. The molecule has 0 aliphatic carbocycles. The van der Waals surface area contributed by atoms with Crippen LogP contribution in [0.2, 0.25) is 0 Å². The number of carboxylic acid groups (broad SMARTS) is 1. The summed E-state index contributed by atoms with van der Waals surface area (Å²) >= 11 is -1.72. The summed E-state index contributed by atoms with van der Waals surface area (Å²) in [4.78, 5) is 12.5. The maximum atomic E-state index is 12.5. The van der Waals surface area contributed by atoms with Gasteiger partial charge in [0, 0.05) is 0 Å². The Morgan fingerprint density at radius 3 is 1.64 bits per heavy atom. The minimum absolute atomic E-state index is 0.131. The Hall–Kier alpha value is -3.64. The van der Waals surface area contributed by atoms with Crippen molar-refractivity contribution in [1.82, 2.24) is 0 Å². The van der Waals surface area contributed by atoms with Gasteiger partial charge in [-0.2, -0.15) is 0 Å². The monoisotopic (exact) mass is 542 g/mol. The molecule has 0 unspecified atom stereocenters. The van der Waals surface area contributed by atoms with Crippen LogP contribution in [0.1, 0.15) is 10.4 Å². The zero-order valence-corrected chi connectivity index (χ0v) is 19.7. The highest BCUT2D eigenvalue weighted by atomic mass is 127. The number of aromatic carboxylic acids is 1. The van der Waals surface area contributed by atoms with Crippen molar-refractivity contribution in [3.63, 3.8) is 0 Å². The maximum absolute atomic E-state index is 12.5. The van der Waals surface area contributed by atoms with E-state index in [1.807, 2.05) is 97.1 Å². The lowest BCUT2D eigenvalue weighted by Crippen LogP contribution is -2.04. The van der Waals surface area contributed by atoms with Crippen molar-refractivity contribution >= 4 is 37.9 Å². The Morgan fingerprint density at radius 2 is 1.12 bits per heavy atom. The molecular weight excluding hydrogens is 523 g/mol. The molecule has 33 heavy (non-hydrogen) atoms. The Kier molecular flexibility index (Phi) is 5.84. The van der Waals surface area contributed by atoms with E-state index in [1.165, 1.54) is 0 Å². The first-order valence-corrected chi connectivity index (χ1v) is 12.5. The molecule has 0 heterocycles. The first kappa shape index (κ1) is 21.2. The lowest BCUT2D eigenvalue weighted by Gasteiger charge is -2.18. The van der Waals surface area contributed by atoms with Crippen molar-refractivity contribution in [3.05, 3.63) is 118 Å². The highest BCUT2D eigenvalue weighted by Crippen LogP contribution is 2.43. The standard InChI is InChI=1S/C29H19IO3/c31-29(32)27-23-17-16-22(19-10-4-1-5-11-19)26(21-14-8-3-9-15-21)25(23)18-24(28(27)30-33)20-12-6-2-7-13-20/h1-18H,(H,31,32). The molecule has 0 bridgehead atoms. The third-order valence-electron chi connectivity index (χ3n) is 5.78. The molecule has 0 atom stereocenters. The van der Waals surface area contributed by atoms with Crippen LogP contribution in [0, 0.1) is 3.57 Å². The van der Waals surface area contributed by atoms with Crippen LogP contribution in [0.5, 0.6) is 0 Å². The van der Waals surface area contributed by atoms with Crippen molar-refractivity contribution < 1.29 is 13.0 Å². The average Bonchev–Trinajstić information content (AvgIpc) is 2.88. The average molecular weight is 542 g/mol. The van der Waals surface area contributed by atoms with Crippen LogP contribution in [0.4, 0.5) is 0 Å². The van der Waals surface area contributed by atoms with E-state index in [0.717, 1.165) is 33.2 Å². The second-order valence-electron chi connectivity index (χ2n) is 7.68. The number of carbonyl (C=O) groups is 1. The van der Waals surface area contributed by atoms with Gasteiger partial charge in [-0.25, -0.2) is 4.79 Å². The molecule has 3 nitrogen and oxygen atoms in total. The summed E-state index contributed by atoms with van der Waals surface area (Å²) in [6.07, 6.45) is 0. The molecule has 160 valence electrons. The van der Waals surface area contributed by atoms with Crippen LogP contribution >= 0.6 is 21.2 Å². The molecular formula is C29H19IO3. The summed E-state index contributed by atoms with van der Waals surface area (Å²) < 4.78 is 12.8. The molecule has 0 aromatic heterocycles. The fraction of sp³-hybridized carbons (Fsp3) is 0. The Balaban J connectivity index is 1.98. The van der Waals surface area contributed by atoms with Crippen LogP contribution in [0.25, 0.3) is 44.2 Å². The summed E-state index contributed by atoms with van der Waals surface area (Å²) in [6.45, 7) is 0. The van der Waals surface area contributed by atoms with Gasteiger partial charge in [0.1, 0.15) is 0 Å². The normalized spacial score (nSPS) is 10.9. The van der Waals surface area contributed by atoms with Gasteiger partial charge in [-0.15, -0.1) is 0 Å². The zero-order valence-electron chi connectivity index (χ0n) is 17.5. The van der Waals surface area contributed by atoms with Gasteiger partial charge in [0.2, 0.25) is 0 Å². The minimum Gasteiger partial charge on any atom is -0.478 e. The lowest BCUT2D eigenvalue weighted by molar-refractivity contribution is 0.0698. The SMILES string of the molecule is O=Ic1c(-c2ccccc2)cc2c(-c3ccccc3)c(-c3ccccc3)ccc2c1C(=O)O. The third kappa shape index (κ3) is 3.87. The van der Waals surface area contributed by atoms with Crippen molar-refractivity contribution in [1.29, 1.82) is 0 Å². The molecule has 1 N–H and O–H groups in total. The molecule has 0 spiro atoms. The number of hydrogen-bond donors (Lipinski definition) is 1.